The summed E-state index contributed by atoms with van der Waals surface area (Å²) in [6.45, 7) is 0.828. The van der Waals surface area contributed by atoms with Crippen LogP contribution in [0.1, 0.15) is 12.0 Å². The largest absolute Gasteiger partial charge is 0.312 e. The van der Waals surface area contributed by atoms with Crippen molar-refractivity contribution in [3.8, 4) is 0 Å². The maximum atomic E-state index is 13.2. The van der Waals surface area contributed by atoms with Gasteiger partial charge in [0, 0.05) is 49.5 Å². The Balaban J connectivity index is 1.54. The Morgan fingerprint density at radius 3 is 2.63 bits per heavy atom. The first-order chi connectivity index (χ1) is 14.2. The average molecular weight is 492 g/mol. The zero-order valence-electron chi connectivity index (χ0n) is 16.7. The maximum absolute atomic E-state index is 13.2. The number of carbonyl (C=O) groups excluding carboxylic acids is 2. The Kier molecular flexibility index (Phi) is 5.46. The lowest BCUT2D eigenvalue weighted by Gasteiger charge is -2.22. The molecule has 30 heavy (non-hydrogen) atoms. The Hall–Kier alpha value is -2.23. The van der Waals surface area contributed by atoms with E-state index in [4.69, 9.17) is 0 Å². The second kappa shape index (κ2) is 7.79. The summed E-state index contributed by atoms with van der Waals surface area (Å²) in [5.74, 6) is -0.589. The van der Waals surface area contributed by atoms with Crippen molar-refractivity contribution in [3.63, 3.8) is 0 Å². The molecule has 2 aliphatic heterocycles. The van der Waals surface area contributed by atoms with E-state index in [1.54, 1.807) is 21.9 Å². The topological polar surface area (TPSA) is 78.0 Å². The highest BCUT2D eigenvalue weighted by atomic mass is 79.9. The summed E-state index contributed by atoms with van der Waals surface area (Å²) in [5, 5.41) is 0. The normalized spacial score (nSPS) is 18.9. The number of fused-ring (bicyclic) bond motifs is 1. The molecule has 2 amide bonds. The van der Waals surface area contributed by atoms with Crippen LogP contribution < -0.4 is 9.80 Å². The fraction of sp³-hybridized carbons (Fsp3) is 0.333. The number of amides is 2. The highest BCUT2D eigenvalue weighted by molar-refractivity contribution is 9.10. The van der Waals surface area contributed by atoms with Crippen molar-refractivity contribution in [1.29, 1.82) is 0 Å². The molecule has 158 valence electrons. The first-order valence-electron chi connectivity index (χ1n) is 9.61. The van der Waals surface area contributed by atoms with Crippen molar-refractivity contribution in [1.82, 2.24) is 4.31 Å². The number of nitrogens with zero attached hydrogens (tertiary/aromatic N) is 3. The van der Waals surface area contributed by atoms with Gasteiger partial charge in [-0.2, -0.15) is 0 Å². The molecule has 2 aromatic carbocycles. The molecule has 1 atom stereocenters. The first kappa shape index (κ1) is 21.0. The summed E-state index contributed by atoms with van der Waals surface area (Å²) in [5.41, 5.74) is 2.33. The minimum atomic E-state index is -3.53. The second-order valence-corrected chi connectivity index (χ2v) is 10.8. The molecule has 2 heterocycles. The molecule has 0 N–H and O–H groups in total. The van der Waals surface area contributed by atoms with Gasteiger partial charge >= 0.3 is 0 Å². The van der Waals surface area contributed by atoms with Gasteiger partial charge in [-0.3, -0.25) is 9.59 Å². The Labute approximate surface area is 184 Å². The zero-order valence-corrected chi connectivity index (χ0v) is 19.1. The van der Waals surface area contributed by atoms with Gasteiger partial charge in [-0.1, -0.05) is 22.0 Å². The van der Waals surface area contributed by atoms with Crippen LogP contribution in [0.2, 0.25) is 0 Å². The number of anilines is 2. The molecular formula is C21H22BrN3O4S. The Morgan fingerprint density at radius 2 is 1.93 bits per heavy atom. The van der Waals surface area contributed by atoms with E-state index >= 15 is 0 Å². The van der Waals surface area contributed by atoms with E-state index in [0.29, 0.717) is 19.5 Å². The zero-order chi connectivity index (χ0) is 21.6. The van der Waals surface area contributed by atoms with Gasteiger partial charge in [0.15, 0.2) is 0 Å². The molecule has 1 saturated heterocycles. The van der Waals surface area contributed by atoms with Gasteiger partial charge in [-0.25, -0.2) is 12.7 Å². The quantitative estimate of drug-likeness (QED) is 0.658. The standard InChI is InChI=1S/C21H22BrN3O4S/c1-23(2)30(28,29)18-6-7-19-14(10-18)8-9-24(19)21(27)15-11-20(26)25(13-15)17-5-3-4-16(22)12-17/h3-7,10,12,15H,8-9,11,13H2,1-2H3. The summed E-state index contributed by atoms with van der Waals surface area (Å²) >= 11 is 3.41. The number of hydrogen-bond donors (Lipinski definition) is 0. The van der Waals surface area contributed by atoms with E-state index in [2.05, 4.69) is 15.9 Å². The van der Waals surface area contributed by atoms with Gasteiger partial charge in [-0.05, 0) is 48.4 Å². The summed E-state index contributed by atoms with van der Waals surface area (Å²) in [4.78, 5) is 29.3. The number of benzene rings is 2. The third-order valence-electron chi connectivity index (χ3n) is 5.59. The molecule has 4 rings (SSSR count). The molecule has 0 saturated carbocycles. The third-order valence-corrected chi connectivity index (χ3v) is 7.89. The van der Waals surface area contributed by atoms with Crippen molar-refractivity contribution in [2.75, 3.05) is 37.0 Å². The molecule has 1 fully saturated rings. The van der Waals surface area contributed by atoms with Crippen molar-refractivity contribution in [2.24, 2.45) is 5.92 Å². The lowest BCUT2D eigenvalue weighted by atomic mass is 10.1. The average Bonchev–Trinajstić information content (AvgIpc) is 3.30. The minimum absolute atomic E-state index is 0.0710. The van der Waals surface area contributed by atoms with Crippen LogP contribution >= 0.6 is 15.9 Å². The van der Waals surface area contributed by atoms with Crippen LogP contribution in [0, 0.1) is 5.92 Å². The molecule has 0 bridgehead atoms. The minimum Gasteiger partial charge on any atom is -0.312 e. The molecule has 0 aliphatic carbocycles. The van der Waals surface area contributed by atoms with E-state index in [0.717, 1.165) is 21.4 Å². The number of sulfonamides is 1. The van der Waals surface area contributed by atoms with Crippen molar-refractivity contribution in [2.45, 2.75) is 17.7 Å². The van der Waals surface area contributed by atoms with Crippen molar-refractivity contribution >= 4 is 49.1 Å². The summed E-state index contributed by atoms with van der Waals surface area (Å²) in [6, 6.07) is 12.3. The van der Waals surface area contributed by atoms with Gasteiger partial charge < -0.3 is 9.80 Å². The summed E-state index contributed by atoms with van der Waals surface area (Å²) in [6.07, 6.45) is 0.762. The van der Waals surface area contributed by atoms with Crippen LogP contribution in [0.4, 0.5) is 11.4 Å². The molecule has 0 radical (unpaired) electrons. The molecular weight excluding hydrogens is 470 g/mol. The van der Waals surface area contributed by atoms with E-state index in [1.807, 2.05) is 24.3 Å². The van der Waals surface area contributed by atoms with Gasteiger partial charge in [0.2, 0.25) is 21.8 Å². The van der Waals surface area contributed by atoms with Crippen LogP contribution in [0.5, 0.6) is 0 Å². The fourth-order valence-corrected chi connectivity index (χ4v) is 5.31. The van der Waals surface area contributed by atoms with Crippen LogP contribution in [-0.4, -0.2) is 51.7 Å². The highest BCUT2D eigenvalue weighted by Crippen LogP contribution is 2.34. The molecule has 9 heteroatoms. The van der Waals surface area contributed by atoms with Gasteiger partial charge in [0.25, 0.3) is 0 Å². The third kappa shape index (κ3) is 3.66. The lowest BCUT2D eigenvalue weighted by Crippen LogP contribution is -2.36. The monoisotopic (exact) mass is 491 g/mol. The molecule has 7 nitrogen and oxygen atoms in total. The summed E-state index contributed by atoms with van der Waals surface area (Å²) < 4.78 is 26.8. The first-order valence-corrected chi connectivity index (χ1v) is 11.8. The van der Waals surface area contributed by atoms with Gasteiger partial charge in [0.1, 0.15) is 0 Å². The van der Waals surface area contributed by atoms with E-state index in [1.165, 1.54) is 24.5 Å². The molecule has 0 spiro atoms. The van der Waals surface area contributed by atoms with Crippen LogP contribution in [0.15, 0.2) is 51.8 Å². The highest BCUT2D eigenvalue weighted by Gasteiger charge is 2.39. The lowest BCUT2D eigenvalue weighted by molar-refractivity contribution is -0.124. The smallest absolute Gasteiger partial charge is 0.242 e. The maximum Gasteiger partial charge on any atom is 0.242 e. The van der Waals surface area contributed by atoms with Gasteiger partial charge in [0.05, 0.1) is 10.8 Å². The molecule has 0 aromatic heterocycles. The van der Waals surface area contributed by atoms with Crippen LogP contribution in [0.25, 0.3) is 0 Å². The van der Waals surface area contributed by atoms with E-state index in [9.17, 15) is 18.0 Å². The Bertz CT molecular complexity index is 1130. The number of hydrogen-bond acceptors (Lipinski definition) is 4. The number of rotatable bonds is 4. The van der Waals surface area contributed by atoms with Gasteiger partial charge in [-0.15, -0.1) is 0 Å². The SMILES string of the molecule is CN(C)S(=O)(=O)c1ccc2c(c1)CCN2C(=O)C1CC(=O)N(c2cccc(Br)c2)C1. The Morgan fingerprint density at radius 1 is 1.17 bits per heavy atom. The number of carbonyl (C=O) groups is 2. The van der Waals surface area contributed by atoms with E-state index < -0.39 is 15.9 Å². The van der Waals surface area contributed by atoms with Crippen LogP contribution in [0.3, 0.4) is 0 Å². The molecule has 2 aliphatic rings. The number of halogens is 1. The van der Waals surface area contributed by atoms with Crippen molar-refractivity contribution < 1.29 is 18.0 Å². The second-order valence-electron chi connectivity index (χ2n) is 7.70. The predicted molar refractivity (Wildman–Crippen MR) is 118 cm³/mol. The predicted octanol–water partition coefficient (Wildman–Crippen LogP) is 2.64. The van der Waals surface area contributed by atoms with E-state index in [-0.39, 0.29) is 23.1 Å². The summed E-state index contributed by atoms with van der Waals surface area (Å²) in [7, 11) is -0.541. The van der Waals surface area contributed by atoms with Crippen LogP contribution in [-0.2, 0) is 26.0 Å². The molecule has 2 aromatic rings. The molecule has 1 unspecified atom stereocenters. The fourth-order valence-electron chi connectivity index (χ4n) is 3.97. The van der Waals surface area contributed by atoms with Crippen molar-refractivity contribution in [3.05, 3.63) is 52.5 Å².